The number of benzene rings is 2. The Morgan fingerprint density at radius 1 is 1.17 bits per heavy atom. The molecular weight excluding hydrogens is 411 g/mol. The van der Waals surface area contributed by atoms with E-state index in [0.717, 1.165) is 11.1 Å². The van der Waals surface area contributed by atoms with Crippen LogP contribution in [0.15, 0.2) is 36.4 Å². The molecule has 3 aromatic rings. The molecule has 0 radical (unpaired) electrons. The predicted octanol–water partition coefficient (Wildman–Crippen LogP) is 6.30. The summed E-state index contributed by atoms with van der Waals surface area (Å²) in [7, 11) is 0. The summed E-state index contributed by atoms with van der Waals surface area (Å²) in [5.74, 6) is -0.0977. The van der Waals surface area contributed by atoms with E-state index in [9.17, 15) is 9.90 Å². The van der Waals surface area contributed by atoms with Crippen LogP contribution in [-0.4, -0.2) is 20.9 Å². The molecule has 0 saturated heterocycles. The van der Waals surface area contributed by atoms with Crippen LogP contribution in [0.3, 0.4) is 0 Å². The minimum absolute atomic E-state index is 0.0606. The molecule has 150 valence electrons. The molecule has 1 N–H and O–H groups in total. The van der Waals surface area contributed by atoms with Gasteiger partial charge in [0.25, 0.3) is 0 Å². The average Bonchev–Trinajstić information content (AvgIpc) is 3.03. The Labute approximate surface area is 178 Å². The topological polar surface area (TPSA) is 64.3 Å². The van der Waals surface area contributed by atoms with Gasteiger partial charge in [-0.25, -0.2) is 9.48 Å². The van der Waals surface area contributed by atoms with Crippen molar-refractivity contribution in [3.8, 4) is 22.7 Å². The summed E-state index contributed by atoms with van der Waals surface area (Å²) < 4.78 is 7.83. The third-order valence-corrected chi connectivity index (χ3v) is 5.66. The number of hydrogen-bond acceptors (Lipinski definition) is 3. The standard InChI is InChI=1S/C22H20Cl2N2O3/c1-11(2)12-5-7-14-17(9-12)29-22(3,4)18-19(21(27)28)25-26(20(14)18)16-8-6-13(23)10-15(16)24/h5-11H,1-4H3,(H,27,28). The number of hydrogen-bond donors (Lipinski definition) is 1. The second kappa shape index (κ2) is 6.78. The third kappa shape index (κ3) is 3.18. The van der Waals surface area contributed by atoms with E-state index >= 15 is 0 Å². The molecule has 0 unspecified atom stereocenters. The van der Waals surface area contributed by atoms with E-state index in [1.807, 2.05) is 32.0 Å². The molecular formula is C22H20Cl2N2O3. The molecule has 0 fully saturated rings. The molecule has 0 aliphatic carbocycles. The van der Waals surface area contributed by atoms with Gasteiger partial charge in [-0.15, -0.1) is 0 Å². The van der Waals surface area contributed by atoms with Crippen LogP contribution in [0.1, 0.15) is 55.2 Å². The maximum atomic E-state index is 12.0. The predicted molar refractivity (Wildman–Crippen MR) is 114 cm³/mol. The maximum absolute atomic E-state index is 12.0. The third-order valence-electron chi connectivity index (χ3n) is 5.12. The maximum Gasteiger partial charge on any atom is 0.356 e. The SMILES string of the molecule is CC(C)c1ccc2c(c1)OC(C)(C)c1c(C(=O)O)nn(-c3ccc(Cl)cc3Cl)c1-2. The van der Waals surface area contributed by atoms with Crippen molar-refractivity contribution in [2.75, 3.05) is 0 Å². The molecule has 1 aliphatic rings. The number of carboxylic acids is 1. The lowest BCUT2D eigenvalue weighted by Gasteiger charge is -2.34. The van der Waals surface area contributed by atoms with E-state index in [1.54, 1.807) is 22.9 Å². The summed E-state index contributed by atoms with van der Waals surface area (Å²) in [5.41, 5.74) is 2.69. The summed E-state index contributed by atoms with van der Waals surface area (Å²) in [4.78, 5) is 12.0. The van der Waals surface area contributed by atoms with Crippen LogP contribution in [-0.2, 0) is 5.60 Å². The van der Waals surface area contributed by atoms with Crippen molar-refractivity contribution in [2.45, 2.75) is 39.2 Å². The van der Waals surface area contributed by atoms with Gasteiger partial charge in [-0.3, -0.25) is 0 Å². The van der Waals surface area contributed by atoms with Crippen molar-refractivity contribution in [1.29, 1.82) is 0 Å². The first-order valence-corrected chi connectivity index (χ1v) is 10.0. The Morgan fingerprint density at radius 2 is 1.90 bits per heavy atom. The van der Waals surface area contributed by atoms with Gasteiger partial charge in [0, 0.05) is 10.6 Å². The van der Waals surface area contributed by atoms with Crippen molar-refractivity contribution in [1.82, 2.24) is 9.78 Å². The summed E-state index contributed by atoms with van der Waals surface area (Å²) in [6.07, 6.45) is 0. The molecule has 0 spiro atoms. The number of carboxylic acid groups (broad SMARTS) is 1. The molecule has 0 amide bonds. The number of aromatic carboxylic acids is 1. The molecule has 0 bridgehead atoms. The smallest absolute Gasteiger partial charge is 0.356 e. The van der Waals surface area contributed by atoms with Gasteiger partial charge in [0.05, 0.1) is 22.0 Å². The van der Waals surface area contributed by atoms with E-state index < -0.39 is 11.6 Å². The molecule has 5 nitrogen and oxygen atoms in total. The normalized spacial score (nSPS) is 14.3. The zero-order valence-corrected chi connectivity index (χ0v) is 18.0. The Balaban J connectivity index is 2.08. The van der Waals surface area contributed by atoms with E-state index in [0.29, 0.717) is 38.7 Å². The van der Waals surface area contributed by atoms with E-state index in [2.05, 4.69) is 18.9 Å². The number of nitrogens with zero attached hydrogens (tertiary/aromatic N) is 2. The lowest BCUT2D eigenvalue weighted by Crippen LogP contribution is -2.31. The number of halogens is 2. The van der Waals surface area contributed by atoms with Gasteiger partial charge in [0.15, 0.2) is 5.69 Å². The van der Waals surface area contributed by atoms with Crippen LogP contribution >= 0.6 is 23.2 Å². The number of rotatable bonds is 3. The van der Waals surface area contributed by atoms with E-state index in [-0.39, 0.29) is 5.69 Å². The largest absolute Gasteiger partial charge is 0.482 e. The minimum Gasteiger partial charge on any atom is -0.482 e. The fourth-order valence-corrected chi connectivity index (χ4v) is 4.21. The van der Waals surface area contributed by atoms with Gasteiger partial charge in [-0.1, -0.05) is 43.1 Å². The molecule has 0 atom stereocenters. The summed E-state index contributed by atoms with van der Waals surface area (Å²) in [6, 6.07) is 11.0. The lowest BCUT2D eigenvalue weighted by atomic mass is 9.88. The first-order valence-electron chi connectivity index (χ1n) is 9.25. The lowest BCUT2D eigenvalue weighted by molar-refractivity contribution is 0.0664. The first-order chi connectivity index (χ1) is 13.6. The zero-order chi connectivity index (χ0) is 21.1. The molecule has 29 heavy (non-hydrogen) atoms. The van der Waals surface area contributed by atoms with Crippen LogP contribution in [0.25, 0.3) is 16.9 Å². The quantitative estimate of drug-likeness (QED) is 0.529. The highest BCUT2D eigenvalue weighted by Crippen LogP contribution is 2.48. The van der Waals surface area contributed by atoms with Crippen LogP contribution < -0.4 is 4.74 Å². The van der Waals surface area contributed by atoms with Crippen LogP contribution in [0, 0.1) is 0 Å². The molecule has 0 saturated carbocycles. The van der Waals surface area contributed by atoms with Gasteiger partial charge < -0.3 is 9.84 Å². The van der Waals surface area contributed by atoms with Crippen LogP contribution in [0.2, 0.25) is 10.0 Å². The van der Waals surface area contributed by atoms with Crippen molar-refractivity contribution >= 4 is 29.2 Å². The van der Waals surface area contributed by atoms with E-state index in [1.165, 1.54) is 0 Å². The number of ether oxygens (including phenoxy) is 1. The molecule has 2 aromatic carbocycles. The first kappa shape index (κ1) is 19.8. The summed E-state index contributed by atoms with van der Waals surface area (Å²) >= 11 is 12.5. The molecule has 1 aliphatic heterocycles. The van der Waals surface area contributed by atoms with Crippen LogP contribution in [0.4, 0.5) is 0 Å². The van der Waals surface area contributed by atoms with Gasteiger partial charge in [0.2, 0.25) is 0 Å². The Bertz CT molecular complexity index is 1150. The van der Waals surface area contributed by atoms with Crippen molar-refractivity contribution in [3.05, 3.63) is 63.3 Å². The van der Waals surface area contributed by atoms with Crippen molar-refractivity contribution in [2.24, 2.45) is 0 Å². The molecule has 7 heteroatoms. The van der Waals surface area contributed by atoms with Crippen molar-refractivity contribution in [3.63, 3.8) is 0 Å². The van der Waals surface area contributed by atoms with Gasteiger partial charge in [0.1, 0.15) is 11.4 Å². The summed E-state index contributed by atoms with van der Waals surface area (Å²) in [5, 5.41) is 15.1. The zero-order valence-electron chi connectivity index (χ0n) is 16.5. The van der Waals surface area contributed by atoms with Crippen LogP contribution in [0.5, 0.6) is 5.75 Å². The highest BCUT2D eigenvalue weighted by atomic mass is 35.5. The van der Waals surface area contributed by atoms with E-state index in [4.69, 9.17) is 27.9 Å². The summed E-state index contributed by atoms with van der Waals surface area (Å²) in [6.45, 7) is 7.92. The number of fused-ring (bicyclic) bond motifs is 3. The highest BCUT2D eigenvalue weighted by Gasteiger charge is 2.41. The Kier molecular flexibility index (Phi) is 4.63. The fraction of sp³-hybridized carbons (Fsp3) is 0.273. The number of carbonyl (C=O) groups is 1. The fourth-order valence-electron chi connectivity index (χ4n) is 3.72. The highest BCUT2D eigenvalue weighted by molar-refractivity contribution is 6.35. The van der Waals surface area contributed by atoms with Crippen molar-refractivity contribution < 1.29 is 14.6 Å². The Morgan fingerprint density at radius 3 is 2.52 bits per heavy atom. The molecule has 1 aromatic heterocycles. The van der Waals surface area contributed by atoms with Gasteiger partial charge in [-0.2, -0.15) is 5.10 Å². The number of aromatic nitrogens is 2. The Hall–Kier alpha value is -2.50. The second-order valence-corrected chi connectivity index (χ2v) is 8.75. The average molecular weight is 431 g/mol. The molecule has 4 rings (SSSR count). The monoisotopic (exact) mass is 430 g/mol. The minimum atomic E-state index is -1.12. The van der Waals surface area contributed by atoms with Gasteiger partial charge >= 0.3 is 5.97 Å². The second-order valence-electron chi connectivity index (χ2n) is 7.91. The van der Waals surface area contributed by atoms with Gasteiger partial charge in [-0.05, 0) is 55.7 Å². The molecule has 2 heterocycles.